The molecule has 0 bridgehead atoms. The number of carbonyl (C=O) groups is 1. The molecule has 1 aliphatic heterocycles. The summed E-state index contributed by atoms with van der Waals surface area (Å²) in [5.74, 6) is -0.0355. The van der Waals surface area contributed by atoms with Crippen molar-refractivity contribution in [3.63, 3.8) is 0 Å². The Morgan fingerprint density at radius 2 is 1.60 bits per heavy atom. The Balaban J connectivity index is 1.16. The summed E-state index contributed by atoms with van der Waals surface area (Å²) in [4.78, 5) is 41.7. The SMILES string of the molecule is COc1ncc(-c2cnc(N(C(=O)OCc3ccccc3)[C@H]3CC[C@H](Nc4ncc(C(F)(F)F)c(N5CC(C)(O)C5)n4)CC3)nc2)cn1. The molecule has 4 aromatic rings. The highest BCUT2D eigenvalue weighted by molar-refractivity contribution is 5.86. The number of benzene rings is 1. The van der Waals surface area contributed by atoms with Crippen LogP contribution in [0.25, 0.3) is 11.1 Å². The molecule has 48 heavy (non-hydrogen) atoms. The Hall–Kier alpha value is -5.12. The van der Waals surface area contributed by atoms with Crippen molar-refractivity contribution in [1.82, 2.24) is 29.9 Å². The number of aliphatic hydroxyl groups is 1. The topological polar surface area (TPSA) is 152 Å². The van der Waals surface area contributed by atoms with Gasteiger partial charge in [0.05, 0.1) is 12.7 Å². The monoisotopic (exact) mass is 665 g/mol. The van der Waals surface area contributed by atoms with E-state index < -0.39 is 23.4 Å². The molecule has 0 spiro atoms. The van der Waals surface area contributed by atoms with Gasteiger partial charge in [-0.15, -0.1) is 0 Å². The molecule has 2 aliphatic rings. The minimum Gasteiger partial charge on any atom is -0.467 e. The number of nitrogens with zero attached hydrogens (tertiary/aromatic N) is 8. The number of hydrogen-bond donors (Lipinski definition) is 2. The maximum Gasteiger partial charge on any atom is 0.421 e. The largest absolute Gasteiger partial charge is 0.467 e. The average molecular weight is 666 g/mol. The first-order valence-corrected chi connectivity index (χ1v) is 15.4. The lowest BCUT2D eigenvalue weighted by atomic mass is 9.90. The Morgan fingerprint density at radius 3 is 2.19 bits per heavy atom. The standard InChI is InChI=1S/C32H34F3N9O4/c1-31(46)18-43(19-31)26-25(32(33,34)35)16-36-27(42-26)41-23-8-10-24(11-9-23)44(30(45)48-17-20-6-4-3-5-7-20)28-37-12-21(13-38-28)22-14-39-29(47-2)40-15-22/h3-7,12-16,23-24,46H,8-11,17-19H2,1-2H3,(H,36,41,42)/t23-,24-. The lowest BCUT2D eigenvalue weighted by Gasteiger charge is -2.45. The van der Waals surface area contributed by atoms with Crippen molar-refractivity contribution >= 4 is 23.8 Å². The number of β-amino-alcohol motifs (C(OH)–C–C–N with tert-alkyl or cyclic N) is 1. The Kier molecular flexibility index (Phi) is 9.26. The number of hydrogen-bond acceptors (Lipinski definition) is 12. The predicted molar refractivity (Wildman–Crippen MR) is 168 cm³/mol. The second kappa shape index (κ2) is 13.5. The van der Waals surface area contributed by atoms with Gasteiger partial charge in [-0.05, 0) is 38.2 Å². The van der Waals surface area contributed by atoms with E-state index in [0.29, 0.717) is 36.8 Å². The summed E-state index contributed by atoms with van der Waals surface area (Å²) >= 11 is 0. The summed E-state index contributed by atoms with van der Waals surface area (Å²) in [6, 6.07) is 9.06. The number of carbonyl (C=O) groups excluding carboxylic acids is 1. The molecule has 1 saturated carbocycles. The lowest BCUT2D eigenvalue weighted by Crippen LogP contribution is -2.60. The van der Waals surface area contributed by atoms with E-state index in [2.05, 4.69) is 35.2 Å². The van der Waals surface area contributed by atoms with Crippen LogP contribution in [0.1, 0.15) is 43.7 Å². The quantitative estimate of drug-likeness (QED) is 0.251. The van der Waals surface area contributed by atoms with Crippen LogP contribution in [-0.2, 0) is 17.5 Å². The molecule has 1 aromatic carbocycles. The van der Waals surface area contributed by atoms with E-state index in [1.54, 1.807) is 31.7 Å². The van der Waals surface area contributed by atoms with Gasteiger partial charge in [-0.2, -0.15) is 18.2 Å². The van der Waals surface area contributed by atoms with Crippen molar-refractivity contribution in [3.8, 4) is 17.1 Å². The van der Waals surface area contributed by atoms with Gasteiger partial charge in [0.1, 0.15) is 18.0 Å². The number of rotatable bonds is 9. The number of nitrogens with one attached hydrogen (secondary N) is 1. The molecule has 2 N–H and O–H groups in total. The average Bonchev–Trinajstić information content (AvgIpc) is 3.07. The first-order valence-electron chi connectivity index (χ1n) is 15.4. The summed E-state index contributed by atoms with van der Waals surface area (Å²) in [6.45, 7) is 1.69. The predicted octanol–water partition coefficient (Wildman–Crippen LogP) is 4.89. The number of anilines is 3. The van der Waals surface area contributed by atoms with Crippen LogP contribution in [0, 0.1) is 0 Å². The van der Waals surface area contributed by atoms with Crippen molar-refractivity contribution in [3.05, 3.63) is 72.4 Å². The van der Waals surface area contributed by atoms with Gasteiger partial charge >= 0.3 is 18.3 Å². The minimum absolute atomic E-state index is 0.0325. The zero-order chi connectivity index (χ0) is 33.9. The molecule has 6 rings (SSSR count). The second-order valence-corrected chi connectivity index (χ2v) is 12.1. The first kappa shape index (κ1) is 32.8. The molecule has 1 amide bonds. The van der Waals surface area contributed by atoms with E-state index in [1.807, 2.05) is 30.3 Å². The number of aromatic nitrogens is 6. The van der Waals surface area contributed by atoms with Gasteiger partial charge in [-0.25, -0.2) is 34.6 Å². The fourth-order valence-electron chi connectivity index (χ4n) is 5.82. The van der Waals surface area contributed by atoms with Crippen LogP contribution in [0.2, 0.25) is 0 Å². The van der Waals surface area contributed by atoms with Gasteiger partial charge in [-0.1, -0.05) is 30.3 Å². The summed E-state index contributed by atoms with van der Waals surface area (Å²) in [5.41, 5.74) is 0.0989. The molecule has 1 saturated heterocycles. The van der Waals surface area contributed by atoms with Crippen LogP contribution in [0.4, 0.5) is 35.7 Å². The highest BCUT2D eigenvalue weighted by atomic mass is 19.4. The number of halogens is 3. The fourth-order valence-corrected chi connectivity index (χ4v) is 5.82. The van der Waals surface area contributed by atoms with Crippen molar-refractivity contribution in [2.75, 3.05) is 35.3 Å². The van der Waals surface area contributed by atoms with Gasteiger partial charge in [0.15, 0.2) is 0 Å². The molecule has 4 heterocycles. The first-order chi connectivity index (χ1) is 23.0. The molecule has 16 heteroatoms. The maximum absolute atomic E-state index is 13.7. The van der Waals surface area contributed by atoms with E-state index in [4.69, 9.17) is 9.47 Å². The molecular formula is C32H34F3N9O4. The molecule has 0 unspecified atom stereocenters. The smallest absolute Gasteiger partial charge is 0.421 e. The van der Waals surface area contributed by atoms with Crippen LogP contribution >= 0.6 is 0 Å². The third kappa shape index (κ3) is 7.54. The van der Waals surface area contributed by atoms with Crippen LogP contribution in [0.15, 0.2) is 61.3 Å². The summed E-state index contributed by atoms with van der Waals surface area (Å²) in [7, 11) is 1.47. The molecule has 252 valence electrons. The van der Waals surface area contributed by atoms with E-state index >= 15 is 0 Å². The number of alkyl halides is 3. The zero-order valence-electron chi connectivity index (χ0n) is 26.3. The summed E-state index contributed by atoms with van der Waals surface area (Å²) in [6.07, 6.45) is 4.03. The van der Waals surface area contributed by atoms with Crippen molar-refractivity contribution in [2.45, 2.75) is 63.1 Å². The third-order valence-electron chi connectivity index (χ3n) is 8.23. The summed E-state index contributed by atoms with van der Waals surface area (Å²) in [5, 5.41) is 13.3. The van der Waals surface area contributed by atoms with Crippen LogP contribution < -0.4 is 19.9 Å². The molecule has 0 atom stereocenters. The van der Waals surface area contributed by atoms with Gasteiger partial charge in [0.2, 0.25) is 11.9 Å². The van der Waals surface area contributed by atoms with Crippen LogP contribution in [0.5, 0.6) is 6.01 Å². The van der Waals surface area contributed by atoms with Crippen molar-refractivity contribution in [2.24, 2.45) is 0 Å². The van der Waals surface area contributed by atoms with E-state index in [9.17, 15) is 23.1 Å². The Bertz CT molecular complexity index is 1700. The molecular weight excluding hydrogens is 631 g/mol. The molecule has 1 aliphatic carbocycles. The molecule has 0 radical (unpaired) electrons. The maximum atomic E-state index is 13.7. The second-order valence-electron chi connectivity index (χ2n) is 12.1. The highest BCUT2D eigenvalue weighted by Crippen LogP contribution is 2.39. The normalized spacial score (nSPS) is 18.8. The van der Waals surface area contributed by atoms with E-state index in [1.165, 1.54) is 16.9 Å². The number of ether oxygens (including phenoxy) is 2. The number of amides is 1. The Labute approximate surface area is 274 Å². The molecule has 2 fully saturated rings. The summed E-state index contributed by atoms with van der Waals surface area (Å²) < 4.78 is 51.8. The lowest BCUT2D eigenvalue weighted by molar-refractivity contribution is -0.137. The number of methoxy groups -OCH3 is 1. The van der Waals surface area contributed by atoms with Gasteiger partial charge < -0.3 is 24.8 Å². The molecule has 3 aromatic heterocycles. The molecule has 13 nitrogen and oxygen atoms in total. The third-order valence-corrected chi connectivity index (χ3v) is 8.23. The van der Waals surface area contributed by atoms with Gasteiger partial charge in [0, 0.05) is 67.3 Å². The van der Waals surface area contributed by atoms with Crippen LogP contribution in [0.3, 0.4) is 0 Å². The minimum atomic E-state index is -4.64. The van der Waals surface area contributed by atoms with E-state index in [-0.39, 0.29) is 55.5 Å². The van der Waals surface area contributed by atoms with Gasteiger partial charge in [-0.3, -0.25) is 0 Å². The fraction of sp³-hybridized carbons (Fsp3) is 0.406. The van der Waals surface area contributed by atoms with E-state index in [0.717, 1.165) is 11.8 Å². The zero-order valence-corrected chi connectivity index (χ0v) is 26.3. The van der Waals surface area contributed by atoms with Crippen molar-refractivity contribution in [1.29, 1.82) is 0 Å². The van der Waals surface area contributed by atoms with Crippen LogP contribution in [-0.4, -0.2) is 79.0 Å². The highest BCUT2D eigenvalue weighted by Gasteiger charge is 2.43. The van der Waals surface area contributed by atoms with Gasteiger partial charge in [0.25, 0.3) is 0 Å². The van der Waals surface area contributed by atoms with Crippen molar-refractivity contribution < 1.29 is 32.5 Å². The Morgan fingerprint density at radius 1 is 0.979 bits per heavy atom.